The molecule has 0 fully saturated rings. The molecule has 3 aromatic heterocycles. The quantitative estimate of drug-likeness (QED) is 0.401. The Morgan fingerprint density at radius 1 is 1.06 bits per heavy atom. The van der Waals surface area contributed by atoms with E-state index in [0.29, 0.717) is 39.3 Å². The van der Waals surface area contributed by atoms with E-state index in [1.807, 2.05) is 37.3 Å². The van der Waals surface area contributed by atoms with Gasteiger partial charge in [-0.05, 0) is 30.7 Å². The summed E-state index contributed by atoms with van der Waals surface area (Å²) in [6.07, 6.45) is 4.06. The van der Waals surface area contributed by atoms with Crippen LogP contribution in [0.15, 0.2) is 66.1 Å². The van der Waals surface area contributed by atoms with Crippen LogP contribution in [-0.2, 0) is 9.84 Å². The van der Waals surface area contributed by atoms with Crippen LogP contribution in [0.1, 0.15) is 18.7 Å². The third-order valence-corrected chi connectivity index (χ3v) is 6.51. The molecule has 0 saturated heterocycles. The molecule has 0 aliphatic heterocycles. The molecule has 0 saturated carbocycles. The molecule has 2 aromatic carbocycles. The number of nitrogens with zero attached hydrogens (tertiary/aromatic N) is 4. The van der Waals surface area contributed by atoms with Crippen LogP contribution < -0.4 is 5.32 Å². The molecule has 166 valence electrons. The molecule has 1 atom stereocenters. The summed E-state index contributed by atoms with van der Waals surface area (Å²) in [7, 11) is -3.76. The maximum Gasteiger partial charge on any atom is 0.176 e. The van der Waals surface area contributed by atoms with E-state index in [4.69, 9.17) is 4.98 Å². The third kappa shape index (κ3) is 3.78. The molecule has 5 aromatic rings. The molecule has 3 heterocycles. The lowest BCUT2D eigenvalue weighted by molar-refractivity contribution is 0.602. The zero-order chi connectivity index (χ0) is 23.2. The zero-order valence-corrected chi connectivity index (χ0v) is 18.6. The number of H-pyrrole nitrogens is 1. The lowest BCUT2D eigenvalue weighted by Gasteiger charge is -2.21. The molecule has 10 heteroatoms. The molecule has 8 nitrogen and oxygen atoms in total. The van der Waals surface area contributed by atoms with Crippen molar-refractivity contribution >= 4 is 37.7 Å². The van der Waals surface area contributed by atoms with Crippen molar-refractivity contribution in [2.24, 2.45) is 0 Å². The average Bonchev–Trinajstić information content (AvgIpc) is 3.27. The maximum absolute atomic E-state index is 14.1. The highest BCUT2D eigenvalue weighted by Gasteiger charge is 2.27. The molecular formula is C23H19FN6O2S. The van der Waals surface area contributed by atoms with Crippen LogP contribution in [0.4, 0.5) is 10.2 Å². The first-order valence-electron chi connectivity index (χ1n) is 10.1. The Bertz CT molecular complexity index is 1600. The summed E-state index contributed by atoms with van der Waals surface area (Å²) in [5.74, 6) is -0.0521. The zero-order valence-electron chi connectivity index (χ0n) is 17.7. The average molecular weight is 463 g/mol. The topological polar surface area (TPSA) is 114 Å². The second-order valence-electron chi connectivity index (χ2n) is 7.69. The fourth-order valence-corrected chi connectivity index (χ4v) is 5.11. The Kier molecular flexibility index (Phi) is 5.01. The van der Waals surface area contributed by atoms with Gasteiger partial charge in [-0.15, -0.1) is 0 Å². The number of benzene rings is 2. The summed E-state index contributed by atoms with van der Waals surface area (Å²) >= 11 is 0. The molecule has 2 N–H and O–H groups in total. The molecule has 33 heavy (non-hydrogen) atoms. The van der Waals surface area contributed by atoms with Crippen molar-refractivity contribution in [3.63, 3.8) is 0 Å². The number of aromatic amines is 1. The Labute approximate surface area is 188 Å². The van der Waals surface area contributed by atoms with Crippen molar-refractivity contribution in [2.45, 2.75) is 17.9 Å². The van der Waals surface area contributed by atoms with E-state index in [0.717, 1.165) is 6.26 Å². The highest BCUT2D eigenvalue weighted by molar-refractivity contribution is 7.91. The van der Waals surface area contributed by atoms with Crippen LogP contribution in [0.5, 0.6) is 0 Å². The van der Waals surface area contributed by atoms with E-state index in [2.05, 4.69) is 25.3 Å². The largest absolute Gasteiger partial charge is 0.360 e. The highest BCUT2D eigenvalue weighted by Crippen LogP contribution is 2.39. The fourth-order valence-electron chi connectivity index (χ4n) is 3.95. The van der Waals surface area contributed by atoms with E-state index < -0.39 is 21.7 Å². The first kappa shape index (κ1) is 21.0. The number of halogens is 1. The number of anilines is 1. The van der Waals surface area contributed by atoms with Crippen molar-refractivity contribution in [3.05, 3.63) is 72.7 Å². The summed E-state index contributed by atoms with van der Waals surface area (Å²) in [6.45, 7) is 1.86. The smallest absolute Gasteiger partial charge is 0.176 e. The van der Waals surface area contributed by atoms with E-state index in [9.17, 15) is 12.8 Å². The van der Waals surface area contributed by atoms with E-state index in [1.165, 1.54) is 30.9 Å². The van der Waals surface area contributed by atoms with Gasteiger partial charge in [0.05, 0.1) is 28.5 Å². The van der Waals surface area contributed by atoms with Gasteiger partial charge in [0.1, 0.15) is 17.7 Å². The normalized spacial score (nSPS) is 12.8. The van der Waals surface area contributed by atoms with Crippen molar-refractivity contribution in [2.75, 3.05) is 11.6 Å². The number of aromatic nitrogens is 5. The summed E-state index contributed by atoms with van der Waals surface area (Å²) in [6, 6.07) is 12.6. The number of hydrogen-bond acceptors (Lipinski definition) is 7. The molecule has 0 spiro atoms. The van der Waals surface area contributed by atoms with E-state index in [1.54, 1.807) is 0 Å². The van der Waals surface area contributed by atoms with Gasteiger partial charge in [0.25, 0.3) is 0 Å². The van der Waals surface area contributed by atoms with Crippen LogP contribution in [0.2, 0.25) is 0 Å². The minimum Gasteiger partial charge on any atom is -0.360 e. The Morgan fingerprint density at radius 3 is 2.61 bits per heavy atom. The standard InChI is InChI=1S/C23H19FN6O2S/c1-13(29-23-20-22(26-11-25-20)27-12-28-23)19-18(14-6-4-3-5-7-14)21(33(2,31)32)16-10-15(24)8-9-17(16)30-19/h3-13H,1-2H3,(H2,25,26,27,28,29)/t13-/m1/s1. The van der Waals surface area contributed by atoms with Crippen LogP contribution in [0, 0.1) is 5.82 Å². The Morgan fingerprint density at radius 2 is 1.85 bits per heavy atom. The summed E-state index contributed by atoms with van der Waals surface area (Å²) in [5.41, 5.74) is 3.07. The van der Waals surface area contributed by atoms with Gasteiger partial charge in [0.15, 0.2) is 21.3 Å². The molecule has 0 aliphatic carbocycles. The molecule has 0 amide bonds. The van der Waals surface area contributed by atoms with Crippen molar-refractivity contribution in [1.29, 1.82) is 0 Å². The van der Waals surface area contributed by atoms with Gasteiger partial charge in [-0.25, -0.2) is 32.7 Å². The van der Waals surface area contributed by atoms with Gasteiger partial charge in [-0.1, -0.05) is 30.3 Å². The molecular weight excluding hydrogens is 443 g/mol. The fraction of sp³-hybridized carbons (Fsp3) is 0.130. The molecule has 0 aliphatic rings. The van der Waals surface area contributed by atoms with Gasteiger partial charge >= 0.3 is 0 Å². The van der Waals surface area contributed by atoms with Crippen molar-refractivity contribution in [3.8, 4) is 11.1 Å². The monoisotopic (exact) mass is 462 g/mol. The number of pyridine rings is 1. The predicted molar refractivity (Wildman–Crippen MR) is 124 cm³/mol. The summed E-state index contributed by atoms with van der Waals surface area (Å²) < 4.78 is 40.2. The Balaban J connectivity index is 1.79. The van der Waals surface area contributed by atoms with Crippen LogP contribution in [0.25, 0.3) is 33.2 Å². The number of rotatable bonds is 5. The summed E-state index contributed by atoms with van der Waals surface area (Å²) in [4.78, 5) is 20.4. The number of fused-ring (bicyclic) bond motifs is 2. The SMILES string of the molecule is C[C@@H](Nc1ncnc2[nH]cnc12)c1nc2ccc(F)cc2c(S(C)(=O)=O)c1-c1ccccc1. The van der Waals surface area contributed by atoms with Gasteiger partial charge < -0.3 is 10.3 Å². The number of hydrogen-bond donors (Lipinski definition) is 2. The van der Waals surface area contributed by atoms with Crippen LogP contribution >= 0.6 is 0 Å². The van der Waals surface area contributed by atoms with Gasteiger partial charge in [-0.3, -0.25) is 0 Å². The number of imidazole rings is 1. The van der Waals surface area contributed by atoms with Crippen molar-refractivity contribution < 1.29 is 12.8 Å². The lowest BCUT2D eigenvalue weighted by atomic mass is 9.98. The molecule has 5 rings (SSSR count). The minimum atomic E-state index is -3.76. The van der Waals surface area contributed by atoms with Crippen LogP contribution in [-0.4, -0.2) is 39.6 Å². The first-order valence-corrected chi connectivity index (χ1v) is 12.0. The number of sulfone groups is 1. The maximum atomic E-state index is 14.1. The highest BCUT2D eigenvalue weighted by atomic mass is 32.2. The minimum absolute atomic E-state index is 0.0365. The molecule has 0 radical (unpaired) electrons. The lowest BCUT2D eigenvalue weighted by Crippen LogP contribution is -2.15. The van der Waals surface area contributed by atoms with E-state index >= 15 is 0 Å². The third-order valence-electron chi connectivity index (χ3n) is 5.34. The van der Waals surface area contributed by atoms with E-state index in [-0.39, 0.29) is 10.3 Å². The van der Waals surface area contributed by atoms with Crippen molar-refractivity contribution in [1.82, 2.24) is 24.9 Å². The number of nitrogens with one attached hydrogen (secondary N) is 2. The van der Waals surface area contributed by atoms with Gasteiger partial charge in [-0.2, -0.15) is 0 Å². The van der Waals surface area contributed by atoms with Crippen LogP contribution in [0.3, 0.4) is 0 Å². The van der Waals surface area contributed by atoms with Gasteiger partial charge in [0.2, 0.25) is 0 Å². The predicted octanol–water partition coefficient (Wildman–Crippen LogP) is 4.28. The second kappa shape index (κ2) is 7.89. The Hall–Kier alpha value is -3.92. The molecule has 0 bridgehead atoms. The second-order valence-corrected chi connectivity index (χ2v) is 9.64. The molecule has 0 unspecified atom stereocenters. The van der Waals surface area contributed by atoms with Gasteiger partial charge in [0, 0.05) is 17.2 Å². The first-order chi connectivity index (χ1) is 15.8. The summed E-state index contributed by atoms with van der Waals surface area (Å²) in [5, 5.41) is 3.53.